The summed E-state index contributed by atoms with van der Waals surface area (Å²) in [6, 6.07) is 7.19. The number of ether oxygens (including phenoxy) is 1. The standard InChI is InChI=1S/C16H24N2O/c1-18-8-3-2-4-14(11-17)16(18)13-5-6-15-12(10-13)7-9-19-15/h5-6,10,14,16H,2-4,7-9,11,17H2,1H3. The van der Waals surface area contributed by atoms with Crippen LogP contribution in [0.25, 0.3) is 0 Å². The average Bonchev–Trinajstić information content (AvgIpc) is 2.81. The first-order valence-electron chi connectivity index (χ1n) is 7.45. The van der Waals surface area contributed by atoms with Crippen LogP contribution in [0.5, 0.6) is 5.75 Å². The number of hydrogen-bond acceptors (Lipinski definition) is 3. The second-order valence-electron chi connectivity index (χ2n) is 5.88. The number of nitrogens with two attached hydrogens (primary N) is 1. The molecule has 1 saturated heterocycles. The minimum atomic E-state index is 0.471. The van der Waals surface area contributed by atoms with E-state index < -0.39 is 0 Å². The maximum Gasteiger partial charge on any atom is 0.122 e. The predicted octanol–water partition coefficient (Wildman–Crippen LogP) is 2.35. The third kappa shape index (κ3) is 2.49. The summed E-state index contributed by atoms with van der Waals surface area (Å²) in [5.41, 5.74) is 8.81. The molecule has 2 aliphatic rings. The third-order valence-corrected chi connectivity index (χ3v) is 4.61. The van der Waals surface area contributed by atoms with Crippen molar-refractivity contribution in [3.8, 4) is 5.75 Å². The van der Waals surface area contributed by atoms with E-state index in [4.69, 9.17) is 10.5 Å². The summed E-state index contributed by atoms with van der Waals surface area (Å²) in [6.07, 6.45) is 4.89. The van der Waals surface area contributed by atoms with E-state index in [0.717, 1.165) is 25.3 Å². The summed E-state index contributed by atoms with van der Waals surface area (Å²) in [5, 5.41) is 0. The highest BCUT2D eigenvalue weighted by Gasteiger charge is 2.29. The SMILES string of the molecule is CN1CCCCC(CN)C1c1ccc2c(c1)CCO2. The maximum atomic E-state index is 6.02. The molecule has 104 valence electrons. The van der Waals surface area contributed by atoms with Crippen LogP contribution in [0.15, 0.2) is 18.2 Å². The summed E-state index contributed by atoms with van der Waals surface area (Å²) < 4.78 is 5.61. The molecule has 0 radical (unpaired) electrons. The summed E-state index contributed by atoms with van der Waals surface area (Å²) in [5.74, 6) is 1.65. The Hall–Kier alpha value is -1.06. The lowest BCUT2D eigenvalue weighted by atomic mass is 9.88. The first-order valence-corrected chi connectivity index (χ1v) is 7.45. The summed E-state index contributed by atoms with van der Waals surface area (Å²) >= 11 is 0. The molecular formula is C16H24N2O. The van der Waals surface area contributed by atoms with Gasteiger partial charge in [-0.1, -0.05) is 18.6 Å². The smallest absolute Gasteiger partial charge is 0.122 e. The van der Waals surface area contributed by atoms with Crippen molar-refractivity contribution in [2.75, 3.05) is 26.7 Å². The number of fused-ring (bicyclic) bond motifs is 1. The van der Waals surface area contributed by atoms with Crippen LogP contribution in [0.3, 0.4) is 0 Å². The summed E-state index contributed by atoms with van der Waals surface area (Å²) in [4.78, 5) is 2.49. The minimum Gasteiger partial charge on any atom is -0.493 e. The Morgan fingerprint density at radius 3 is 3.11 bits per heavy atom. The molecule has 1 aromatic carbocycles. The van der Waals surface area contributed by atoms with Crippen LogP contribution in [0.4, 0.5) is 0 Å². The molecule has 0 aliphatic carbocycles. The predicted molar refractivity (Wildman–Crippen MR) is 77.4 cm³/mol. The van der Waals surface area contributed by atoms with Gasteiger partial charge in [-0.3, -0.25) is 4.90 Å². The quantitative estimate of drug-likeness (QED) is 0.887. The van der Waals surface area contributed by atoms with Gasteiger partial charge in [-0.15, -0.1) is 0 Å². The van der Waals surface area contributed by atoms with E-state index in [2.05, 4.69) is 30.1 Å². The van der Waals surface area contributed by atoms with Crippen LogP contribution < -0.4 is 10.5 Å². The Bertz CT molecular complexity index is 446. The van der Waals surface area contributed by atoms with Crippen LogP contribution in [-0.2, 0) is 6.42 Å². The van der Waals surface area contributed by atoms with Gasteiger partial charge in [0.15, 0.2) is 0 Å². The van der Waals surface area contributed by atoms with Crippen molar-refractivity contribution in [1.82, 2.24) is 4.90 Å². The fourth-order valence-electron chi connectivity index (χ4n) is 3.59. The molecular weight excluding hydrogens is 236 g/mol. The van der Waals surface area contributed by atoms with Gasteiger partial charge in [0.05, 0.1) is 6.61 Å². The van der Waals surface area contributed by atoms with Gasteiger partial charge < -0.3 is 10.5 Å². The van der Waals surface area contributed by atoms with Crippen molar-refractivity contribution in [3.05, 3.63) is 29.3 Å². The largest absolute Gasteiger partial charge is 0.493 e. The Morgan fingerprint density at radius 1 is 1.37 bits per heavy atom. The zero-order valence-electron chi connectivity index (χ0n) is 11.8. The molecule has 1 fully saturated rings. The first kappa shape index (κ1) is 12.9. The third-order valence-electron chi connectivity index (χ3n) is 4.61. The topological polar surface area (TPSA) is 38.5 Å². The van der Waals surface area contributed by atoms with Gasteiger partial charge in [-0.05, 0) is 56.1 Å². The van der Waals surface area contributed by atoms with Crippen molar-refractivity contribution in [2.45, 2.75) is 31.7 Å². The molecule has 2 N–H and O–H groups in total. The van der Waals surface area contributed by atoms with Crippen molar-refractivity contribution in [3.63, 3.8) is 0 Å². The molecule has 0 saturated carbocycles. The lowest BCUT2D eigenvalue weighted by molar-refractivity contribution is 0.196. The van der Waals surface area contributed by atoms with Crippen molar-refractivity contribution >= 4 is 0 Å². The van der Waals surface area contributed by atoms with Crippen LogP contribution in [-0.4, -0.2) is 31.6 Å². The molecule has 2 aliphatic heterocycles. The normalized spacial score (nSPS) is 27.7. The van der Waals surface area contributed by atoms with E-state index >= 15 is 0 Å². The molecule has 2 atom stereocenters. The number of likely N-dealkylation sites (tertiary alicyclic amines) is 1. The highest BCUT2D eigenvalue weighted by Crippen LogP contribution is 2.36. The Labute approximate surface area is 115 Å². The van der Waals surface area contributed by atoms with Crippen molar-refractivity contribution in [2.24, 2.45) is 11.7 Å². The molecule has 3 nitrogen and oxygen atoms in total. The highest BCUT2D eigenvalue weighted by molar-refractivity contribution is 5.41. The van der Waals surface area contributed by atoms with Gasteiger partial charge in [0.2, 0.25) is 0 Å². The lowest BCUT2D eigenvalue weighted by Crippen LogP contribution is -2.33. The van der Waals surface area contributed by atoms with Crippen molar-refractivity contribution in [1.29, 1.82) is 0 Å². The zero-order valence-corrected chi connectivity index (χ0v) is 11.8. The van der Waals surface area contributed by atoms with Gasteiger partial charge in [0.1, 0.15) is 5.75 Å². The van der Waals surface area contributed by atoms with Crippen LogP contribution in [0.1, 0.15) is 36.4 Å². The first-order chi connectivity index (χ1) is 9.29. The van der Waals surface area contributed by atoms with E-state index in [1.165, 1.54) is 36.9 Å². The van der Waals surface area contributed by atoms with E-state index in [0.29, 0.717) is 12.0 Å². The Morgan fingerprint density at radius 2 is 2.26 bits per heavy atom. The lowest BCUT2D eigenvalue weighted by Gasteiger charge is -2.32. The molecule has 0 spiro atoms. The molecule has 0 amide bonds. The van der Waals surface area contributed by atoms with Crippen LogP contribution in [0, 0.1) is 5.92 Å². The fraction of sp³-hybridized carbons (Fsp3) is 0.625. The van der Waals surface area contributed by atoms with Gasteiger partial charge >= 0.3 is 0 Å². The van der Waals surface area contributed by atoms with E-state index in [9.17, 15) is 0 Å². The minimum absolute atomic E-state index is 0.471. The molecule has 3 heteroatoms. The van der Waals surface area contributed by atoms with Crippen LogP contribution >= 0.6 is 0 Å². The van der Waals surface area contributed by atoms with Crippen LogP contribution in [0.2, 0.25) is 0 Å². The molecule has 1 aromatic rings. The van der Waals surface area contributed by atoms with Gasteiger partial charge in [0.25, 0.3) is 0 Å². The number of rotatable bonds is 2. The summed E-state index contributed by atoms with van der Waals surface area (Å²) in [7, 11) is 2.24. The fourth-order valence-corrected chi connectivity index (χ4v) is 3.59. The van der Waals surface area contributed by atoms with Gasteiger partial charge in [-0.2, -0.15) is 0 Å². The molecule has 0 bridgehead atoms. The molecule has 19 heavy (non-hydrogen) atoms. The van der Waals surface area contributed by atoms with Gasteiger partial charge in [-0.25, -0.2) is 0 Å². The Balaban J connectivity index is 1.92. The van der Waals surface area contributed by atoms with E-state index in [1.54, 1.807) is 0 Å². The second-order valence-corrected chi connectivity index (χ2v) is 5.88. The second kappa shape index (κ2) is 5.51. The van der Waals surface area contributed by atoms with Crippen molar-refractivity contribution < 1.29 is 4.74 Å². The molecule has 2 unspecified atom stereocenters. The number of nitrogens with zero attached hydrogens (tertiary/aromatic N) is 1. The zero-order chi connectivity index (χ0) is 13.2. The maximum absolute atomic E-state index is 6.02. The van der Waals surface area contributed by atoms with E-state index in [1.807, 2.05) is 0 Å². The molecule has 0 aromatic heterocycles. The number of hydrogen-bond donors (Lipinski definition) is 1. The monoisotopic (exact) mass is 260 g/mol. The Kier molecular flexibility index (Phi) is 3.76. The highest BCUT2D eigenvalue weighted by atomic mass is 16.5. The summed E-state index contributed by atoms with van der Waals surface area (Å²) in [6.45, 7) is 2.79. The number of benzene rings is 1. The molecule has 3 rings (SSSR count). The molecule has 2 heterocycles. The van der Waals surface area contributed by atoms with Gasteiger partial charge in [0, 0.05) is 12.5 Å². The van der Waals surface area contributed by atoms with E-state index in [-0.39, 0.29) is 0 Å². The average molecular weight is 260 g/mol.